The molecule has 0 aliphatic heterocycles. The van der Waals surface area contributed by atoms with Crippen LogP contribution in [0.5, 0.6) is 0 Å². The summed E-state index contributed by atoms with van der Waals surface area (Å²) in [4.78, 5) is 3.11. The van der Waals surface area contributed by atoms with Crippen molar-refractivity contribution in [1.29, 1.82) is 5.26 Å². The van der Waals surface area contributed by atoms with Crippen LogP contribution in [0.2, 0.25) is 5.02 Å². The minimum Gasteiger partial charge on any atom is -0.378 e. The van der Waals surface area contributed by atoms with Crippen LogP contribution < -0.4 is 4.90 Å². The fourth-order valence-electron chi connectivity index (χ4n) is 1.75. The van der Waals surface area contributed by atoms with Gasteiger partial charge in [-0.25, -0.2) is 4.21 Å². The number of rotatable bonds is 3. The molecular weight excluding hydrogens is 292 g/mol. The summed E-state index contributed by atoms with van der Waals surface area (Å²) in [7, 11) is 2.50. The van der Waals surface area contributed by atoms with Gasteiger partial charge >= 0.3 is 0 Å². The van der Waals surface area contributed by atoms with E-state index in [1.807, 2.05) is 37.2 Å². The van der Waals surface area contributed by atoms with Crippen molar-refractivity contribution in [1.82, 2.24) is 0 Å². The SMILES string of the molecule is CN(C)c1ccc(S(=O)c2ccc(Cl)cc2C#N)cc1. The van der Waals surface area contributed by atoms with E-state index in [1.54, 1.807) is 24.3 Å². The van der Waals surface area contributed by atoms with E-state index in [9.17, 15) is 4.21 Å². The number of anilines is 1. The molecule has 0 heterocycles. The van der Waals surface area contributed by atoms with Crippen molar-refractivity contribution in [2.24, 2.45) is 0 Å². The minimum atomic E-state index is -1.39. The minimum absolute atomic E-state index is 0.340. The summed E-state index contributed by atoms with van der Waals surface area (Å²) >= 11 is 5.85. The molecular formula is C15H13ClN2OS. The van der Waals surface area contributed by atoms with Gasteiger partial charge in [0.2, 0.25) is 0 Å². The van der Waals surface area contributed by atoms with Gasteiger partial charge in [0, 0.05) is 29.7 Å². The number of halogens is 1. The van der Waals surface area contributed by atoms with Crippen molar-refractivity contribution in [3.8, 4) is 6.07 Å². The van der Waals surface area contributed by atoms with Gasteiger partial charge in [0.25, 0.3) is 0 Å². The third kappa shape index (κ3) is 3.01. The first-order valence-electron chi connectivity index (χ1n) is 5.91. The summed E-state index contributed by atoms with van der Waals surface area (Å²) < 4.78 is 12.5. The summed E-state index contributed by atoms with van der Waals surface area (Å²) in [6.45, 7) is 0. The van der Waals surface area contributed by atoms with Crippen molar-refractivity contribution in [2.75, 3.05) is 19.0 Å². The van der Waals surface area contributed by atoms with Crippen LogP contribution in [0.15, 0.2) is 52.3 Å². The van der Waals surface area contributed by atoms with Gasteiger partial charge in [-0.15, -0.1) is 0 Å². The lowest BCUT2D eigenvalue weighted by atomic mass is 10.2. The number of nitrogens with zero attached hydrogens (tertiary/aromatic N) is 2. The van der Waals surface area contributed by atoms with Crippen LogP contribution in [0.3, 0.4) is 0 Å². The van der Waals surface area contributed by atoms with E-state index in [4.69, 9.17) is 16.9 Å². The molecule has 1 unspecified atom stereocenters. The van der Waals surface area contributed by atoms with Gasteiger partial charge in [-0.05, 0) is 42.5 Å². The molecule has 0 bridgehead atoms. The average Bonchev–Trinajstić information content (AvgIpc) is 2.46. The summed E-state index contributed by atoms with van der Waals surface area (Å²) in [5.41, 5.74) is 1.37. The zero-order valence-corrected chi connectivity index (χ0v) is 12.7. The third-order valence-corrected chi connectivity index (χ3v) is 4.52. The van der Waals surface area contributed by atoms with Crippen LogP contribution in [0, 0.1) is 11.3 Å². The van der Waals surface area contributed by atoms with Gasteiger partial charge in [0.05, 0.1) is 21.3 Å². The van der Waals surface area contributed by atoms with Crippen molar-refractivity contribution in [3.05, 3.63) is 53.1 Å². The van der Waals surface area contributed by atoms with Crippen molar-refractivity contribution in [3.63, 3.8) is 0 Å². The fourth-order valence-corrected chi connectivity index (χ4v) is 3.05. The standard InChI is InChI=1S/C15H13ClN2OS/c1-18(2)13-4-6-14(7-5-13)20(19)15-8-3-12(16)9-11(15)10-17/h3-9H,1-2H3. The van der Waals surface area contributed by atoms with E-state index >= 15 is 0 Å². The van der Waals surface area contributed by atoms with Gasteiger partial charge < -0.3 is 4.90 Å². The van der Waals surface area contributed by atoms with Gasteiger partial charge in [-0.1, -0.05) is 11.6 Å². The average molecular weight is 305 g/mol. The van der Waals surface area contributed by atoms with E-state index in [0.29, 0.717) is 20.4 Å². The van der Waals surface area contributed by atoms with Crippen LogP contribution >= 0.6 is 11.6 Å². The fraction of sp³-hybridized carbons (Fsp3) is 0.133. The Hall–Kier alpha value is -1.83. The maximum absolute atomic E-state index is 12.5. The van der Waals surface area contributed by atoms with E-state index in [2.05, 4.69) is 0 Å². The number of nitriles is 1. The van der Waals surface area contributed by atoms with Gasteiger partial charge in [0.1, 0.15) is 6.07 Å². The normalized spacial score (nSPS) is 11.7. The van der Waals surface area contributed by atoms with E-state index < -0.39 is 10.8 Å². The Balaban J connectivity index is 2.39. The molecule has 0 aliphatic carbocycles. The molecule has 0 aromatic heterocycles. The van der Waals surface area contributed by atoms with Gasteiger partial charge in [-0.2, -0.15) is 5.26 Å². The highest BCUT2D eigenvalue weighted by molar-refractivity contribution is 7.85. The molecule has 0 saturated carbocycles. The van der Waals surface area contributed by atoms with Crippen LogP contribution in [-0.4, -0.2) is 18.3 Å². The smallest absolute Gasteiger partial charge is 0.100 e. The quantitative estimate of drug-likeness (QED) is 0.872. The second-order valence-electron chi connectivity index (χ2n) is 4.41. The molecule has 0 fully saturated rings. The molecule has 0 spiro atoms. The Bertz CT molecular complexity index is 690. The first-order chi connectivity index (χ1) is 9.52. The second-order valence-corrected chi connectivity index (χ2v) is 6.29. The Kier molecular flexibility index (Phi) is 4.43. The Labute approximate surface area is 125 Å². The first-order valence-corrected chi connectivity index (χ1v) is 7.44. The van der Waals surface area contributed by atoms with E-state index in [1.165, 1.54) is 6.07 Å². The number of benzene rings is 2. The summed E-state index contributed by atoms with van der Waals surface area (Å²) in [6, 6.07) is 14.2. The van der Waals surface area contributed by atoms with E-state index in [-0.39, 0.29) is 0 Å². The summed E-state index contributed by atoms with van der Waals surface area (Å²) in [6.07, 6.45) is 0. The molecule has 2 aromatic carbocycles. The highest BCUT2D eigenvalue weighted by atomic mass is 35.5. The Morgan fingerprint density at radius 3 is 2.35 bits per heavy atom. The second kappa shape index (κ2) is 6.08. The number of hydrogen-bond donors (Lipinski definition) is 0. The van der Waals surface area contributed by atoms with Gasteiger partial charge in [0.15, 0.2) is 0 Å². The van der Waals surface area contributed by atoms with Gasteiger partial charge in [-0.3, -0.25) is 0 Å². The molecule has 0 aliphatic rings. The maximum atomic E-state index is 12.5. The largest absolute Gasteiger partial charge is 0.378 e. The molecule has 20 heavy (non-hydrogen) atoms. The predicted octanol–water partition coefficient (Wildman–Crippen LogP) is 3.44. The summed E-state index contributed by atoms with van der Waals surface area (Å²) in [5, 5.41) is 9.57. The topological polar surface area (TPSA) is 44.1 Å². The first kappa shape index (κ1) is 14.6. The van der Waals surface area contributed by atoms with Crippen molar-refractivity contribution >= 4 is 28.1 Å². The lowest BCUT2D eigenvalue weighted by Crippen LogP contribution is -2.08. The van der Waals surface area contributed by atoms with Crippen LogP contribution in [0.1, 0.15) is 5.56 Å². The zero-order chi connectivity index (χ0) is 14.7. The van der Waals surface area contributed by atoms with Crippen LogP contribution in [0.25, 0.3) is 0 Å². The molecule has 0 N–H and O–H groups in total. The molecule has 2 rings (SSSR count). The third-order valence-electron chi connectivity index (χ3n) is 2.83. The molecule has 5 heteroatoms. The zero-order valence-electron chi connectivity index (χ0n) is 11.1. The molecule has 2 aromatic rings. The van der Waals surface area contributed by atoms with E-state index in [0.717, 1.165) is 5.69 Å². The predicted molar refractivity (Wildman–Crippen MR) is 81.6 cm³/mol. The molecule has 1 atom stereocenters. The molecule has 0 amide bonds. The van der Waals surface area contributed by atoms with Crippen LogP contribution in [-0.2, 0) is 10.8 Å². The molecule has 102 valence electrons. The summed E-state index contributed by atoms with van der Waals surface area (Å²) in [5.74, 6) is 0. The maximum Gasteiger partial charge on any atom is 0.100 e. The Morgan fingerprint density at radius 2 is 1.80 bits per heavy atom. The monoisotopic (exact) mass is 304 g/mol. The van der Waals surface area contributed by atoms with Crippen molar-refractivity contribution < 1.29 is 4.21 Å². The lowest BCUT2D eigenvalue weighted by Gasteiger charge is -2.12. The molecule has 3 nitrogen and oxygen atoms in total. The highest BCUT2D eigenvalue weighted by Crippen LogP contribution is 2.24. The number of hydrogen-bond acceptors (Lipinski definition) is 3. The van der Waals surface area contributed by atoms with Crippen molar-refractivity contribution in [2.45, 2.75) is 9.79 Å². The Morgan fingerprint density at radius 1 is 1.15 bits per heavy atom. The lowest BCUT2D eigenvalue weighted by molar-refractivity contribution is 0.683. The molecule has 0 saturated heterocycles. The molecule has 0 radical (unpaired) electrons. The van der Waals surface area contributed by atoms with Crippen LogP contribution in [0.4, 0.5) is 5.69 Å². The highest BCUT2D eigenvalue weighted by Gasteiger charge is 2.12.